The SMILES string of the molecule is CCO[C@@]12Cc3c([nH]c4ccccc34)[C@]3(CC)Oc4c(O)ccc5c4[C@@]31CCN(CCc1ccccc1)[C@@H]2C5. The van der Waals surface area contributed by atoms with Gasteiger partial charge in [0.1, 0.15) is 5.60 Å². The third kappa shape index (κ3) is 2.73. The maximum atomic E-state index is 11.2. The third-order valence-corrected chi connectivity index (χ3v) is 10.6. The first-order chi connectivity index (χ1) is 19.1. The van der Waals surface area contributed by atoms with Crippen LogP contribution in [0.15, 0.2) is 66.7 Å². The third-order valence-electron chi connectivity index (χ3n) is 10.6. The van der Waals surface area contributed by atoms with Crippen LogP contribution in [0.5, 0.6) is 11.5 Å². The Hall–Kier alpha value is -3.28. The molecule has 0 radical (unpaired) electrons. The Kier molecular flexibility index (Phi) is 4.91. The highest BCUT2D eigenvalue weighted by atomic mass is 16.5. The zero-order valence-corrected chi connectivity index (χ0v) is 22.8. The van der Waals surface area contributed by atoms with Gasteiger partial charge in [0.25, 0.3) is 0 Å². The van der Waals surface area contributed by atoms with Crippen LogP contribution >= 0.6 is 0 Å². The summed E-state index contributed by atoms with van der Waals surface area (Å²) < 4.78 is 14.4. The van der Waals surface area contributed by atoms with Crippen LogP contribution in [0.4, 0.5) is 0 Å². The van der Waals surface area contributed by atoms with E-state index in [-0.39, 0.29) is 17.2 Å². The first-order valence-electron chi connectivity index (χ1n) is 14.6. The van der Waals surface area contributed by atoms with Gasteiger partial charge in [-0.15, -0.1) is 0 Å². The Morgan fingerprint density at radius 2 is 1.87 bits per heavy atom. The highest BCUT2D eigenvalue weighted by Crippen LogP contribution is 2.73. The van der Waals surface area contributed by atoms with E-state index < -0.39 is 11.2 Å². The first kappa shape index (κ1) is 23.6. The predicted octanol–water partition coefficient (Wildman–Crippen LogP) is 6.01. The average molecular weight is 521 g/mol. The Morgan fingerprint density at radius 1 is 1.05 bits per heavy atom. The Balaban J connectivity index is 1.39. The number of nitrogens with one attached hydrogen (secondary N) is 1. The number of hydrogen-bond acceptors (Lipinski definition) is 4. The van der Waals surface area contributed by atoms with E-state index in [0.29, 0.717) is 12.4 Å². The van der Waals surface area contributed by atoms with Gasteiger partial charge in [-0.25, -0.2) is 0 Å². The molecule has 1 fully saturated rings. The molecule has 2 aliphatic carbocycles. The molecule has 2 aliphatic heterocycles. The normalized spacial score (nSPS) is 30.2. The summed E-state index contributed by atoms with van der Waals surface area (Å²) in [5.74, 6) is 0.930. The first-order valence-corrected chi connectivity index (χ1v) is 14.6. The van der Waals surface area contributed by atoms with Crippen molar-refractivity contribution in [2.24, 2.45) is 0 Å². The second-order valence-electron chi connectivity index (χ2n) is 11.9. The molecule has 200 valence electrons. The summed E-state index contributed by atoms with van der Waals surface area (Å²) >= 11 is 0. The zero-order chi connectivity index (χ0) is 26.4. The molecule has 1 aromatic heterocycles. The van der Waals surface area contributed by atoms with Gasteiger partial charge in [-0.05, 0) is 68.0 Å². The molecule has 4 atom stereocenters. The van der Waals surface area contributed by atoms with Crippen molar-refractivity contribution >= 4 is 10.9 Å². The monoisotopic (exact) mass is 520 g/mol. The number of aromatic hydroxyl groups is 1. The van der Waals surface area contributed by atoms with Crippen LogP contribution in [0.2, 0.25) is 0 Å². The minimum atomic E-state index is -0.630. The molecule has 5 nitrogen and oxygen atoms in total. The summed E-state index contributed by atoms with van der Waals surface area (Å²) in [5.41, 5.74) is 6.07. The van der Waals surface area contributed by atoms with Crippen molar-refractivity contribution in [1.29, 1.82) is 0 Å². The summed E-state index contributed by atoms with van der Waals surface area (Å²) in [6.07, 6.45) is 4.50. The fourth-order valence-corrected chi connectivity index (χ4v) is 9.25. The minimum absolute atomic E-state index is 0.217. The van der Waals surface area contributed by atoms with Gasteiger partial charge < -0.3 is 19.6 Å². The van der Waals surface area contributed by atoms with E-state index in [2.05, 4.69) is 84.4 Å². The molecular formula is C34H36N2O3. The number of para-hydroxylation sites is 1. The van der Waals surface area contributed by atoms with Gasteiger partial charge >= 0.3 is 0 Å². The van der Waals surface area contributed by atoms with Crippen LogP contribution in [0.3, 0.4) is 0 Å². The van der Waals surface area contributed by atoms with Gasteiger partial charge in [-0.2, -0.15) is 0 Å². The van der Waals surface area contributed by atoms with E-state index >= 15 is 0 Å². The van der Waals surface area contributed by atoms with Crippen molar-refractivity contribution in [1.82, 2.24) is 9.88 Å². The summed E-state index contributed by atoms with van der Waals surface area (Å²) in [4.78, 5) is 6.55. The smallest absolute Gasteiger partial charge is 0.166 e. The highest BCUT2D eigenvalue weighted by Gasteiger charge is 2.79. The number of phenols is 1. The molecule has 0 saturated carbocycles. The molecule has 1 spiro atoms. The van der Waals surface area contributed by atoms with Crippen molar-refractivity contribution in [3.63, 3.8) is 0 Å². The standard InChI is InChI=1S/C34H36N2O3/c1-3-33-31-25(24-12-8-9-13-26(24)35-31)21-34(38-4-2)28-20-23-14-15-27(37)30(39-33)29(23)32(33,34)17-19-36(28)18-16-22-10-6-5-7-11-22/h5-15,28,35,37H,3-4,16-21H2,1-2H3/t28-,32+,33+,34-/m1/s1. The molecule has 1 saturated heterocycles. The van der Waals surface area contributed by atoms with E-state index in [4.69, 9.17) is 9.47 Å². The van der Waals surface area contributed by atoms with Crippen molar-refractivity contribution in [3.8, 4) is 11.5 Å². The zero-order valence-electron chi connectivity index (χ0n) is 22.8. The predicted molar refractivity (Wildman–Crippen MR) is 153 cm³/mol. The van der Waals surface area contributed by atoms with E-state index in [1.807, 2.05) is 6.07 Å². The lowest BCUT2D eigenvalue weighted by Crippen LogP contribution is -2.79. The maximum absolute atomic E-state index is 11.2. The minimum Gasteiger partial charge on any atom is -0.504 e. The van der Waals surface area contributed by atoms with Gasteiger partial charge in [0, 0.05) is 42.1 Å². The van der Waals surface area contributed by atoms with E-state index in [0.717, 1.165) is 50.7 Å². The van der Waals surface area contributed by atoms with Crippen LogP contribution in [0, 0.1) is 0 Å². The van der Waals surface area contributed by atoms with Crippen molar-refractivity contribution in [2.75, 3.05) is 19.7 Å². The maximum Gasteiger partial charge on any atom is 0.166 e. The number of likely N-dealkylation sites (tertiary alicyclic amines) is 1. The van der Waals surface area contributed by atoms with Crippen LogP contribution in [0.25, 0.3) is 10.9 Å². The Morgan fingerprint density at radius 3 is 2.69 bits per heavy atom. The molecule has 8 rings (SSSR count). The number of piperidine rings is 1. The summed E-state index contributed by atoms with van der Waals surface area (Å²) in [6.45, 7) is 7.02. The van der Waals surface area contributed by atoms with Crippen LogP contribution in [-0.4, -0.2) is 46.3 Å². The molecule has 0 amide bonds. The molecule has 5 heteroatoms. The highest BCUT2D eigenvalue weighted by molar-refractivity contribution is 5.87. The molecule has 4 aliphatic rings. The van der Waals surface area contributed by atoms with Gasteiger partial charge in [-0.3, -0.25) is 4.90 Å². The molecule has 0 unspecified atom stereocenters. The van der Waals surface area contributed by atoms with Crippen LogP contribution in [0.1, 0.15) is 54.6 Å². The lowest BCUT2D eigenvalue weighted by Gasteiger charge is -2.67. The second kappa shape index (κ2) is 8.12. The number of aromatic amines is 1. The topological polar surface area (TPSA) is 57.7 Å². The molecular weight excluding hydrogens is 484 g/mol. The number of fused-ring (bicyclic) bond motifs is 4. The number of aromatic nitrogens is 1. The number of phenolic OH excluding ortho intramolecular Hbond substituents is 1. The number of nitrogens with zero attached hydrogens (tertiary/aromatic N) is 1. The summed E-state index contributed by atoms with van der Waals surface area (Å²) in [7, 11) is 0. The molecule has 2 bridgehead atoms. The number of benzene rings is 3. The van der Waals surface area contributed by atoms with Crippen molar-refractivity contribution in [2.45, 2.75) is 68.6 Å². The van der Waals surface area contributed by atoms with Gasteiger partial charge in [0.05, 0.1) is 11.1 Å². The number of hydrogen-bond donors (Lipinski definition) is 2. The quantitative estimate of drug-likeness (QED) is 0.327. The molecule has 3 heterocycles. The Labute approximate surface area is 229 Å². The lowest BCUT2D eigenvalue weighted by atomic mass is 9.44. The molecule has 3 aromatic carbocycles. The average Bonchev–Trinajstić information content (AvgIpc) is 3.48. The summed E-state index contributed by atoms with van der Waals surface area (Å²) in [6, 6.07) is 23.7. The van der Waals surface area contributed by atoms with Crippen molar-refractivity contribution in [3.05, 3.63) is 94.7 Å². The van der Waals surface area contributed by atoms with Gasteiger partial charge in [0.15, 0.2) is 17.1 Å². The second-order valence-corrected chi connectivity index (χ2v) is 11.9. The molecule has 39 heavy (non-hydrogen) atoms. The van der Waals surface area contributed by atoms with Crippen LogP contribution in [-0.2, 0) is 35.0 Å². The van der Waals surface area contributed by atoms with E-state index in [1.165, 1.54) is 33.3 Å². The fraction of sp³-hybridized carbons (Fsp3) is 0.412. The molecule has 4 aromatic rings. The largest absolute Gasteiger partial charge is 0.504 e. The number of H-pyrrole nitrogens is 1. The van der Waals surface area contributed by atoms with Gasteiger partial charge in [-0.1, -0.05) is 61.5 Å². The fourth-order valence-electron chi connectivity index (χ4n) is 9.25. The number of rotatable bonds is 6. The lowest BCUT2D eigenvalue weighted by molar-refractivity contribution is -0.228. The number of ether oxygens (including phenoxy) is 2. The van der Waals surface area contributed by atoms with Crippen LogP contribution < -0.4 is 4.74 Å². The van der Waals surface area contributed by atoms with E-state index in [1.54, 1.807) is 0 Å². The van der Waals surface area contributed by atoms with E-state index in [9.17, 15) is 5.11 Å². The van der Waals surface area contributed by atoms with Gasteiger partial charge in [0.2, 0.25) is 0 Å². The summed E-state index contributed by atoms with van der Waals surface area (Å²) in [5, 5.41) is 12.5. The molecule has 2 N–H and O–H groups in total. The Bertz CT molecular complexity index is 1600. The van der Waals surface area contributed by atoms with Crippen molar-refractivity contribution < 1.29 is 14.6 Å².